The molecule has 0 fully saturated rings. The van der Waals surface area contributed by atoms with Crippen molar-refractivity contribution in [3.8, 4) is 0 Å². The summed E-state index contributed by atoms with van der Waals surface area (Å²) in [4.78, 5) is 3.64. The zero-order valence-corrected chi connectivity index (χ0v) is 11.2. The van der Waals surface area contributed by atoms with E-state index >= 15 is 0 Å². The molecule has 0 bridgehead atoms. The summed E-state index contributed by atoms with van der Waals surface area (Å²) in [7, 11) is -3.75. The Labute approximate surface area is 106 Å². The van der Waals surface area contributed by atoms with Gasteiger partial charge in [0.1, 0.15) is 4.90 Å². The standard InChI is InChI=1S/C10H15ClN2O3S/c1-7(2)9(6-14)13-17(15,16)10-5-12-4-3-8(10)11/h3-5,7,9,13-14H,6H2,1-2H3. The Balaban J connectivity index is 3.01. The lowest BCUT2D eigenvalue weighted by Gasteiger charge is -2.19. The molecule has 0 aliphatic heterocycles. The molecular weight excluding hydrogens is 264 g/mol. The summed E-state index contributed by atoms with van der Waals surface area (Å²) in [6, 6.07) is 0.857. The Hall–Kier alpha value is -0.690. The maximum Gasteiger partial charge on any atom is 0.243 e. The van der Waals surface area contributed by atoms with Crippen LogP contribution in [0.2, 0.25) is 5.02 Å². The van der Waals surface area contributed by atoms with Gasteiger partial charge in [-0.2, -0.15) is 0 Å². The van der Waals surface area contributed by atoms with Gasteiger partial charge in [0, 0.05) is 18.4 Å². The van der Waals surface area contributed by atoms with Gasteiger partial charge in [0.05, 0.1) is 11.6 Å². The molecule has 0 radical (unpaired) electrons. The van der Waals surface area contributed by atoms with Crippen molar-refractivity contribution in [2.75, 3.05) is 6.61 Å². The number of pyridine rings is 1. The van der Waals surface area contributed by atoms with Gasteiger partial charge >= 0.3 is 0 Å². The number of aromatic nitrogens is 1. The van der Waals surface area contributed by atoms with Gasteiger partial charge < -0.3 is 5.11 Å². The van der Waals surface area contributed by atoms with Gasteiger partial charge in [0.15, 0.2) is 0 Å². The predicted molar refractivity (Wildman–Crippen MR) is 65.3 cm³/mol. The molecule has 1 heterocycles. The fourth-order valence-corrected chi connectivity index (χ4v) is 3.01. The summed E-state index contributed by atoms with van der Waals surface area (Å²) in [5, 5.41) is 9.21. The van der Waals surface area contributed by atoms with Crippen LogP contribution in [0.4, 0.5) is 0 Å². The molecule has 0 amide bonds. The molecular formula is C10H15ClN2O3S. The van der Waals surface area contributed by atoms with Crippen molar-refractivity contribution in [2.24, 2.45) is 5.92 Å². The normalized spacial score (nSPS) is 13.9. The number of aliphatic hydroxyl groups excluding tert-OH is 1. The lowest BCUT2D eigenvalue weighted by atomic mass is 10.1. The van der Waals surface area contributed by atoms with Crippen molar-refractivity contribution >= 4 is 21.6 Å². The molecule has 0 aliphatic rings. The van der Waals surface area contributed by atoms with Crippen LogP contribution >= 0.6 is 11.6 Å². The Morgan fingerprint density at radius 2 is 2.18 bits per heavy atom. The Morgan fingerprint density at radius 1 is 1.53 bits per heavy atom. The number of aliphatic hydroxyl groups is 1. The van der Waals surface area contributed by atoms with Crippen molar-refractivity contribution in [3.63, 3.8) is 0 Å². The van der Waals surface area contributed by atoms with E-state index in [-0.39, 0.29) is 22.4 Å². The van der Waals surface area contributed by atoms with E-state index in [0.29, 0.717) is 0 Å². The summed E-state index contributed by atoms with van der Waals surface area (Å²) in [5.41, 5.74) is 0. The third-order valence-corrected chi connectivity index (χ3v) is 4.29. The summed E-state index contributed by atoms with van der Waals surface area (Å²) in [6.07, 6.45) is 2.59. The average molecular weight is 279 g/mol. The first-order chi connectivity index (χ1) is 7.88. The minimum absolute atomic E-state index is 0.0229. The van der Waals surface area contributed by atoms with Crippen molar-refractivity contribution in [1.82, 2.24) is 9.71 Å². The minimum Gasteiger partial charge on any atom is -0.395 e. The predicted octanol–water partition coefficient (Wildman–Crippen LogP) is 1.03. The second-order valence-electron chi connectivity index (χ2n) is 3.96. The summed E-state index contributed by atoms with van der Waals surface area (Å²) in [5.74, 6) is -0.0229. The first-order valence-corrected chi connectivity index (χ1v) is 6.97. The Morgan fingerprint density at radius 3 is 2.65 bits per heavy atom. The number of halogens is 1. The number of hydrogen-bond donors (Lipinski definition) is 2. The third kappa shape index (κ3) is 3.64. The van der Waals surface area contributed by atoms with E-state index in [1.807, 2.05) is 13.8 Å². The third-order valence-electron chi connectivity index (χ3n) is 2.33. The van der Waals surface area contributed by atoms with Crippen LogP contribution in [0, 0.1) is 5.92 Å². The van der Waals surface area contributed by atoms with Gasteiger partial charge in [-0.3, -0.25) is 4.98 Å². The highest BCUT2D eigenvalue weighted by molar-refractivity contribution is 7.89. The maximum atomic E-state index is 12.0. The summed E-state index contributed by atoms with van der Waals surface area (Å²) >= 11 is 5.79. The molecule has 96 valence electrons. The molecule has 1 atom stereocenters. The molecule has 0 aliphatic carbocycles. The first kappa shape index (κ1) is 14.4. The lowest BCUT2D eigenvalue weighted by molar-refractivity contribution is 0.227. The number of nitrogens with one attached hydrogen (secondary N) is 1. The average Bonchev–Trinajstić information content (AvgIpc) is 2.26. The molecule has 2 N–H and O–H groups in total. The fraction of sp³-hybridized carbons (Fsp3) is 0.500. The first-order valence-electron chi connectivity index (χ1n) is 5.11. The number of rotatable bonds is 5. The molecule has 0 saturated heterocycles. The quantitative estimate of drug-likeness (QED) is 0.843. The van der Waals surface area contributed by atoms with Gasteiger partial charge in [-0.05, 0) is 12.0 Å². The second kappa shape index (κ2) is 5.77. The van der Waals surface area contributed by atoms with Crippen molar-refractivity contribution in [3.05, 3.63) is 23.5 Å². The van der Waals surface area contributed by atoms with Gasteiger partial charge in [-0.1, -0.05) is 25.4 Å². The fourth-order valence-electron chi connectivity index (χ4n) is 1.21. The molecule has 1 unspecified atom stereocenters. The highest BCUT2D eigenvalue weighted by Gasteiger charge is 2.23. The van der Waals surface area contributed by atoms with Crippen LogP contribution in [-0.4, -0.2) is 31.2 Å². The Bertz CT molecular complexity index is 476. The smallest absolute Gasteiger partial charge is 0.243 e. The van der Waals surface area contributed by atoms with Crippen LogP contribution in [0.1, 0.15) is 13.8 Å². The van der Waals surface area contributed by atoms with Crippen LogP contribution in [-0.2, 0) is 10.0 Å². The van der Waals surface area contributed by atoms with E-state index in [2.05, 4.69) is 9.71 Å². The SMILES string of the molecule is CC(C)C(CO)NS(=O)(=O)c1cnccc1Cl. The van der Waals surface area contributed by atoms with Crippen LogP contribution in [0.15, 0.2) is 23.4 Å². The minimum atomic E-state index is -3.75. The summed E-state index contributed by atoms with van der Waals surface area (Å²) < 4.78 is 26.4. The van der Waals surface area contributed by atoms with Crippen molar-refractivity contribution < 1.29 is 13.5 Å². The molecule has 17 heavy (non-hydrogen) atoms. The van der Waals surface area contributed by atoms with Crippen LogP contribution < -0.4 is 4.72 Å². The van der Waals surface area contributed by atoms with E-state index in [4.69, 9.17) is 16.7 Å². The van der Waals surface area contributed by atoms with Gasteiger partial charge in [-0.15, -0.1) is 0 Å². The second-order valence-corrected chi connectivity index (χ2v) is 6.05. The molecule has 1 rings (SSSR count). The number of sulfonamides is 1. The molecule has 5 nitrogen and oxygen atoms in total. The maximum absolute atomic E-state index is 12.0. The van der Waals surface area contributed by atoms with Crippen LogP contribution in [0.5, 0.6) is 0 Å². The number of nitrogens with zero attached hydrogens (tertiary/aromatic N) is 1. The largest absolute Gasteiger partial charge is 0.395 e. The van der Waals surface area contributed by atoms with Crippen LogP contribution in [0.25, 0.3) is 0 Å². The molecule has 1 aromatic rings. The van der Waals surface area contributed by atoms with Crippen molar-refractivity contribution in [1.29, 1.82) is 0 Å². The van der Waals surface area contributed by atoms with Gasteiger partial charge in [0.2, 0.25) is 10.0 Å². The summed E-state index contributed by atoms with van der Waals surface area (Å²) in [6.45, 7) is 3.36. The highest BCUT2D eigenvalue weighted by atomic mass is 35.5. The van der Waals surface area contributed by atoms with E-state index in [1.165, 1.54) is 18.5 Å². The number of hydrogen-bond acceptors (Lipinski definition) is 4. The molecule has 7 heteroatoms. The Kier molecular flexibility index (Phi) is 4.88. The molecule has 0 spiro atoms. The van der Waals surface area contributed by atoms with E-state index in [9.17, 15) is 8.42 Å². The van der Waals surface area contributed by atoms with E-state index in [1.54, 1.807) is 0 Å². The highest BCUT2D eigenvalue weighted by Crippen LogP contribution is 2.19. The van der Waals surface area contributed by atoms with E-state index in [0.717, 1.165) is 0 Å². The van der Waals surface area contributed by atoms with Gasteiger partial charge in [-0.25, -0.2) is 13.1 Å². The molecule has 1 aromatic heterocycles. The van der Waals surface area contributed by atoms with Crippen molar-refractivity contribution in [2.45, 2.75) is 24.8 Å². The monoisotopic (exact) mass is 278 g/mol. The molecule has 0 saturated carbocycles. The van der Waals surface area contributed by atoms with Crippen LogP contribution in [0.3, 0.4) is 0 Å². The zero-order valence-electron chi connectivity index (χ0n) is 9.59. The molecule has 0 aromatic carbocycles. The lowest BCUT2D eigenvalue weighted by Crippen LogP contribution is -2.41. The van der Waals surface area contributed by atoms with Gasteiger partial charge in [0.25, 0.3) is 0 Å². The zero-order chi connectivity index (χ0) is 13.1. The topological polar surface area (TPSA) is 79.3 Å². The van der Waals surface area contributed by atoms with E-state index < -0.39 is 16.1 Å².